The highest BCUT2D eigenvalue weighted by Crippen LogP contribution is 2.28. The normalized spacial score (nSPS) is 10.8. The van der Waals surface area contributed by atoms with E-state index in [1.54, 1.807) is 7.11 Å². The molecule has 4 nitrogen and oxygen atoms in total. The van der Waals surface area contributed by atoms with Crippen LogP contribution in [0.1, 0.15) is 16.8 Å². The van der Waals surface area contributed by atoms with Crippen LogP contribution in [0.3, 0.4) is 0 Å². The number of aromatic nitrogens is 2. The van der Waals surface area contributed by atoms with E-state index in [1.165, 1.54) is 11.1 Å². The monoisotopic (exact) mass is 321 g/mol. The molecule has 0 saturated heterocycles. The van der Waals surface area contributed by atoms with Crippen LogP contribution in [0.15, 0.2) is 48.5 Å². The molecule has 0 aliphatic carbocycles. The number of nitrogens with two attached hydrogens (primary N) is 1. The fourth-order valence-electron chi connectivity index (χ4n) is 2.82. The van der Waals surface area contributed by atoms with E-state index < -0.39 is 0 Å². The molecule has 4 heteroatoms. The van der Waals surface area contributed by atoms with Gasteiger partial charge in [-0.2, -0.15) is 5.10 Å². The number of nitrogens with zero attached hydrogens (tertiary/aromatic N) is 2. The third-order valence-corrected chi connectivity index (χ3v) is 4.35. The lowest BCUT2D eigenvalue weighted by Crippen LogP contribution is -2.05. The van der Waals surface area contributed by atoms with Crippen LogP contribution in [0.2, 0.25) is 0 Å². The average molecular weight is 321 g/mol. The van der Waals surface area contributed by atoms with Gasteiger partial charge in [0.2, 0.25) is 0 Å². The van der Waals surface area contributed by atoms with E-state index in [9.17, 15) is 0 Å². The molecule has 24 heavy (non-hydrogen) atoms. The summed E-state index contributed by atoms with van der Waals surface area (Å²) in [6, 6.07) is 16.5. The van der Waals surface area contributed by atoms with Gasteiger partial charge < -0.3 is 10.5 Å². The van der Waals surface area contributed by atoms with Gasteiger partial charge in [-0.25, -0.2) is 4.68 Å². The van der Waals surface area contributed by atoms with Crippen molar-refractivity contribution in [3.05, 3.63) is 65.4 Å². The van der Waals surface area contributed by atoms with Crippen molar-refractivity contribution in [2.45, 2.75) is 20.3 Å². The fourth-order valence-corrected chi connectivity index (χ4v) is 2.82. The number of ether oxygens (including phenoxy) is 1. The highest BCUT2D eigenvalue weighted by Gasteiger charge is 2.14. The molecule has 0 atom stereocenters. The molecule has 0 amide bonds. The highest BCUT2D eigenvalue weighted by atomic mass is 16.5. The lowest BCUT2D eigenvalue weighted by molar-refractivity contribution is 0.415. The first-order valence-corrected chi connectivity index (χ1v) is 8.14. The molecule has 3 rings (SSSR count). The highest BCUT2D eigenvalue weighted by molar-refractivity contribution is 5.64. The maximum absolute atomic E-state index is 5.72. The minimum Gasteiger partial charge on any atom is -0.497 e. The first-order chi connectivity index (χ1) is 11.6. The van der Waals surface area contributed by atoms with Gasteiger partial charge in [-0.15, -0.1) is 0 Å². The summed E-state index contributed by atoms with van der Waals surface area (Å²) in [6.07, 6.45) is 0.765. The van der Waals surface area contributed by atoms with Gasteiger partial charge in [0.1, 0.15) is 5.75 Å². The van der Waals surface area contributed by atoms with Gasteiger partial charge in [0, 0.05) is 12.0 Å². The smallest absolute Gasteiger partial charge is 0.118 e. The Morgan fingerprint density at radius 2 is 1.83 bits per heavy atom. The Labute approximate surface area is 142 Å². The molecule has 0 fully saturated rings. The van der Waals surface area contributed by atoms with Crippen LogP contribution >= 0.6 is 0 Å². The summed E-state index contributed by atoms with van der Waals surface area (Å²) < 4.78 is 7.28. The summed E-state index contributed by atoms with van der Waals surface area (Å²) >= 11 is 0. The largest absolute Gasteiger partial charge is 0.497 e. The van der Waals surface area contributed by atoms with Crippen molar-refractivity contribution in [2.75, 3.05) is 13.7 Å². The Hall–Kier alpha value is -2.59. The molecule has 2 aromatic carbocycles. The maximum atomic E-state index is 5.72. The van der Waals surface area contributed by atoms with Crippen molar-refractivity contribution < 1.29 is 4.74 Å². The van der Waals surface area contributed by atoms with Crippen LogP contribution in [-0.4, -0.2) is 23.4 Å². The van der Waals surface area contributed by atoms with E-state index in [2.05, 4.69) is 50.2 Å². The Morgan fingerprint density at radius 3 is 2.50 bits per heavy atom. The van der Waals surface area contributed by atoms with E-state index in [0.717, 1.165) is 34.8 Å². The Balaban J connectivity index is 2.15. The van der Waals surface area contributed by atoms with Gasteiger partial charge in [-0.1, -0.05) is 12.1 Å². The molecule has 0 aliphatic heterocycles. The lowest BCUT2D eigenvalue weighted by Gasteiger charge is -2.12. The number of benzene rings is 2. The van der Waals surface area contributed by atoms with Crippen molar-refractivity contribution in [3.63, 3.8) is 0 Å². The molecular formula is C20H23N3O. The van der Waals surface area contributed by atoms with Gasteiger partial charge >= 0.3 is 0 Å². The molecule has 0 saturated carbocycles. The molecule has 2 N–H and O–H groups in total. The maximum Gasteiger partial charge on any atom is 0.118 e. The van der Waals surface area contributed by atoms with Crippen molar-refractivity contribution in [3.8, 4) is 22.7 Å². The van der Waals surface area contributed by atoms with E-state index in [-0.39, 0.29) is 0 Å². The number of methoxy groups -OCH3 is 1. The second-order valence-corrected chi connectivity index (χ2v) is 5.92. The third kappa shape index (κ3) is 3.05. The molecule has 0 radical (unpaired) electrons. The van der Waals surface area contributed by atoms with E-state index in [4.69, 9.17) is 15.6 Å². The van der Waals surface area contributed by atoms with Gasteiger partial charge in [0.25, 0.3) is 0 Å². The average Bonchev–Trinajstić information content (AvgIpc) is 3.01. The quantitative estimate of drug-likeness (QED) is 0.780. The predicted octanol–water partition coefficient (Wildman–Crippen LogP) is 3.67. The number of hydrogen-bond acceptors (Lipinski definition) is 3. The molecule has 0 bridgehead atoms. The zero-order valence-electron chi connectivity index (χ0n) is 14.4. The minimum atomic E-state index is 0.589. The van der Waals surface area contributed by atoms with Crippen LogP contribution in [-0.2, 0) is 6.42 Å². The van der Waals surface area contributed by atoms with Crippen molar-refractivity contribution in [2.24, 2.45) is 5.73 Å². The van der Waals surface area contributed by atoms with Crippen LogP contribution in [0.4, 0.5) is 0 Å². The standard InChI is InChI=1S/C20H23N3O/c1-14-5-4-6-19(15(14)2)23-20(13-17(22-23)11-12-21)16-7-9-18(24-3)10-8-16/h4-10,13H,11-12,21H2,1-3H3. The summed E-state index contributed by atoms with van der Waals surface area (Å²) in [5.41, 5.74) is 12.5. The number of aryl methyl sites for hydroxylation is 1. The second-order valence-electron chi connectivity index (χ2n) is 5.92. The van der Waals surface area contributed by atoms with E-state index in [0.29, 0.717) is 6.54 Å². The van der Waals surface area contributed by atoms with Crippen molar-refractivity contribution in [1.82, 2.24) is 9.78 Å². The summed E-state index contributed by atoms with van der Waals surface area (Å²) in [7, 11) is 1.68. The van der Waals surface area contributed by atoms with Crippen LogP contribution in [0, 0.1) is 13.8 Å². The van der Waals surface area contributed by atoms with Crippen molar-refractivity contribution in [1.29, 1.82) is 0 Å². The minimum absolute atomic E-state index is 0.589. The summed E-state index contributed by atoms with van der Waals surface area (Å²) in [4.78, 5) is 0. The number of rotatable bonds is 5. The molecule has 0 aliphatic rings. The molecule has 0 unspecified atom stereocenters. The van der Waals surface area contributed by atoms with Crippen LogP contribution in [0.25, 0.3) is 16.9 Å². The SMILES string of the molecule is COc1ccc(-c2cc(CCN)nn2-c2cccc(C)c2C)cc1. The molecule has 0 spiro atoms. The summed E-state index contributed by atoms with van der Waals surface area (Å²) in [5.74, 6) is 0.846. The zero-order valence-corrected chi connectivity index (χ0v) is 14.4. The summed E-state index contributed by atoms with van der Waals surface area (Å²) in [6.45, 7) is 4.84. The fraction of sp³-hybridized carbons (Fsp3) is 0.250. The molecular weight excluding hydrogens is 298 g/mol. The van der Waals surface area contributed by atoms with Gasteiger partial charge in [0.15, 0.2) is 0 Å². The second kappa shape index (κ2) is 6.89. The van der Waals surface area contributed by atoms with Gasteiger partial charge in [-0.05, 0) is 67.9 Å². The Bertz CT molecular complexity index is 835. The first kappa shape index (κ1) is 16.3. The summed E-state index contributed by atoms with van der Waals surface area (Å²) in [5, 5.41) is 4.80. The molecule has 124 valence electrons. The van der Waals surface area contributed by atoms with Crippen LogP contribution in [0.5, 0.6) is 5.75 Å². The zero-order chi connectivity index (χ0) is 17.1. The van der Waals surface area contributed by atoms with Crippen molar-refractivity contribution >= 4 is 0 Å². The predicted molar refractivity (Wildman–Crippen MR) is 97.8 cm³/mol. The Morgan fingerprint density at radius 1 is 1.08 bits per heavy atom. The topological polar surface area (TPSA) is 53.1 Å². The lowest BCUT2D eigenvalue weighted by atomic mass is 10.1. The van der Waals surface area contributed by atoms with E-state index >= 15 is 0 Å². The van der Waals surface area contributed by atoms with Crippen LogP contribution < -0.4 is 10.5 Å². The van der Waals surface area contributed by atoms with Gasteiger partial charge in [0.05, 0.1) is 24.2 Å². The molecule has 3 aromatic rings. The Kier molecular flexibility index (Phi) is 4.67. The molecule has 1 aromatic heterocycles. The molecule has 1 heterocycles. The third-order valence-electron chi connectivity index (χ3n) is 4.35. The first-order valence-electron chi connectivity index (χ1n) is 8.14. The number of hydrogen-bond donors (Lipinski definition) is 1. The van der Waals surface area contributed by atoms with E-state index in [1.807, 2.05) is 16.8 Å². The van der Waals surface area contributed by atoms with Gasteiger partial charge in [-0.3, -0.25) is 0 Å².